The van der Waals surface area contributed by atoms with E-state index in [0.717, 1.165) is 0 Å². The molecule has 0 amide bonds. The molecular formula is C5H12Na2. The van der Waals surface area contributed by atoms with Gasteiger partial charge in [0.15, 0.2) is 0 Å². The summed E-state index contributed by atoms with van der Waals surface area (Å²) in [5.41, 5.74) is 0. The van der Waals surface area contributed by atoms with Gasteiger partial charge >= 0.3 is 0 Å². The Kier molecular flexibility index (Phi) is 35.8. The maximum absolute atomic E-state index is 2.21. The maximum Gasteiger partial charge on any atom is 0 e. The van der Waals surface area contributed by atoms with Gasteiger partial charge in [-0.1, -0.05) is 33.1 Å². The maximum atomic E-state index is 2.21. The Morgan fingerprint density at radius 2 is 1.14 bits per heavy atom. The van der Waals surface area contributed by atoms with Crippen molar-refractivity contribution in [3.05, 3.63) is 0 Å². The summed E-state index contributed by atoms with van der Waals surface area (Å²) < 4.78 is 0. The molecule has 0 aliphatic heterocycles. The summed E-state index contributed by atoms with van der Waals surface area (Å²) in [7, 11) is 0. The van der Waals surface area contributed by atoms with Crippen LogP contribution in [0.5, 0.6) is 0 Å². The molecule has 2 heteroatoms. The first-order chi connectivity index (χ1) is 2.41. The summed E-state index contributed by atoms with van der Waals surface area (Å²) in [6.07, 6.45) is 4.08. The van der Waals surface area contributed by atoms with Crippen molar-refractivity contribution in [1.82, 2.24) is 0 Å². The van der Waals surface area contributed by atoms with E-state index in [1.165, 1.54) is 19.3 Å². The van der Waals surface area contributed by atoms with E-state index in [2.05, 4.69) is 13.8 Å². The molecule has 0 aromatic rings. The first-order valence-corrected chi connectivity index (χ1v) is 2.41. The van der Waals surface area contributed by atoms with E-state index in [1.807, 2.05) is 0 Å². The summed E-state index contributed by atoms with van der Waals surface area (Å²) in [5, 5.41) is 0. The second-order valence-corrected chi connectivity index (χ2v) is 1.35. The average molecular weight is 118 g/mol. The summed E-state index contributed by atoms with van der Waals surface area (Å²) in [5.74, 6) is 0. The van der Waals surface area contributed by atoms with E-state index < -0.39 is 0 Å². The van der Waals surface area contributed by atoms with Gasteiger partial charge in [-0.15, -0.1) is 0 Å². The summed E-state index contributed by atoms with van der Waals surface area (Å²) in [4.78, 5) is 0. The van der Waals surface area contributed by atoms with E-state index in [-0.39, 0.29) is 59.1 Å². The molecule has 0 spiro atoms. The van der Waals surface area contributed by atoms with Gasteiger partial charge in [-0.25, -0.2) is 0 Å². The van der Waals surface area contributed by atoms with Gasteiger partial charge in [0.05, 0.1) is 0 Å². The molecule has 0 heterocycles. The smallest absolute Gasteiger partial charge is 0 e. The van der Waals surface area contributed by atoms with Gasteiger partial charge in [-0.2, -0.15) is 0 Å². The van der Waals surface area contributed by atoms with Gasteiger partial charge in [0, 0.05) is 59.1 Å². The monoisotopic (exact) mass is 118 g/mol. The molecule has 0 aromatic carbocycles. The normalized spacial score (nSPS) is 6.00. The van der Waals surface area contributed by atoms with Crippen molar-refractivity contribution < 1.29 is 0 Å². The van der Waals surface area contributed by atoms with Gasteiger partial charge in [-0.3, -0.25) is 0 Å². The van der Waals surface area contributed by atoms with Crippen LogP contribution in [-0.4, -0.2) is 59.1 Å². The molecule has 0 nitrogen and oxygen atoms in total. The SMILES string of the molecule is CCCCC.[Na].[Na]. The quantitative estimate of drug-likeness (QED) is 0.481. The molecule has 0 saturated heterocycles. The van der Waals surface area contributed by atoms with Crippen molar-refractivity contribution >= 4 is 59.1 Å². The van der Waals surface area contributed by atoms with E-state index in [1.54, 1.807) is 0 Å². The van der Waals surface area contributed by atoms with Crippen LogP contribution in [0, 0.1) is 0 Å². The van der Waals surface area contributed by atoms with Crippen molar-refractivity contribution in [2.24, 2.45) is 0 Å². The molecule has 34 valence electrons. The number of rotatable bonds is 2. The first kappa shape index (κ1) is 16.0. The Hall–Kier alpha value is 2.00. The van der Waals surface area contributed by atoms with Gasteiger partial charge in [0.2, 0.25) is 0 Å². The van der Waals surface area contributed by atoms with Crippen molar-refractivity contribution in [1.29, 1.82) is 0 Å². The van der Waals surface area contributed by atoms with Crippen LogP contribution in [0.4, 0.5) is 0 Å². The summed E-state index contributed by atoms with van der Waals surface area (Å²) in [6, 6.07) is 0. The van der Waals surface area contributed by atoms with E-state index in [9.17, 15) is 0 Å². The van der Waals surface area contributed by atoms with Crippen LogP contribution in [0.2, 0.25) is 0 Å². The van der Waals surface area contributed by atoms with Crippen LogP contribution in [0.25, 0.3) is 0 Å². The van der Waals surface area contributed by atoms with Gasteiger partial charge in [-0.05, 0) is 0 Å². The molecule has 0 aromatic heterocycles. The number of hydrogen-bond acceptors (Lipinski definition) is 0. The molecule has 0 unspecified atom stereocenters. The van der Waals surface area contributed by atoms with E-state index in [0.29, 0.717) is 0 Å². The van der Waals surface area contributed by atoms with Crippen LogP contribution in [-0.2, 0) is 0 Å². The second-order valence-electron chi connectivity index (χ2n) is 1.35. The Bertz CT molecular complexity index is 13.6. The van der Waals surface area contributed by atoms with Crippen LogP contribution >= 0.6 is 0 Å². The third-order valence-electron chi connectivity index (χ3n) is 0.707. The molecule has 2 radical (unpaired) electrons. The minimum atomic E-state index is 0. The zero-order chi connectivity index (χ0) is 4.12. The third kappa shape index (κ3) is 18.0. The van der Waals surface area contributed by atoms with Crippen LogP contribution in [0.1, 0.15) is 33.1 Å². The van der Waals surface area contributed by atoms with Crippen LogP contribution < -0.4 is 0 Å². The standard InChI is InChI=1S/C5H12.2Na/c1-3-5-4-2;;/h3-5H2,1-2H3;;. The molecule has 0 N–H and O–H groups in total. The number of unbranched alkanes of at least 4 members (excludes halogenated alkanes) is 2. The molecule has 0 bridgehead atoms. The average Bonchev–Trinajstić information content (AvgIpc) is 1.41. The fraction of sp³-hybridized carbons (Fsp3) is 1.00. The zero-order valence-corrected chi connectivity index (χ0v) is 10.1. The predicted octanol–water partition coefficient (Wildman–Crippen LogP) is 1.43. The second kappa shape index (κ2) is 15.7. The Balaban J connectivity index is -0.0000000800. The summed E-state index contributed by atoms with van der Waals surface area (Å²) in [6.45, 7) is 4.42. The predicted molar refractivity (Wildman–Crippen MR) is 36.7 cm³/mol. The van der Waals surface area contributed by atoms with Crippen molar-refractivity contribution in [2.75, 3.05) is 0 Å². The molecular weight excluding hydrogens is 106 g/mol. The topological polar surface area (TPSA) is 0 Å². The molecule has 0 rings (SSSR count). The minimum Gasteiger partial charge on any atom is -0.0654 e. The van der Waals surface area contributed by atoms with Crippen LogP contribution in [0.3, 0.4) is 0 Å². The van der Waals surface area contributed by atoms with E-state index >= 15 is 0 Å². The largest absolute Gasteiger partial charge is 0.0654 e. The fourth-order valence-corrected chi connectivity index (χ4v) is 0.354. The minimum absolute atomic E-state index is 0. The molecule has 0 fully saturated rings. The Labute approximate surface area is 91.0 Å². The molecule has 0 atom stereocenters. The number of hydrogen-bond donors (Lipinski definition) is 0. The van der Waals surface area contributed by atoms with Gasteiger partial charge in [0.1, 0.15) is 0 Å². The van der Waals surface area contributed by atoms with Crippen molar-refractivity contribution in [2.45, 2.75) is 33.1 Å². The van der Waals surface area contributed by atoms with Gasteiger partial charge < -0.3 is 0 Å². The fourth-order valence-electron chi connectivity index (χ4n) is 0.354. The Morgan fingerprint density at radius 3 is 1.14 bits per heavy atom. The third-order valence-corrected chi connectivity index (χ3v) is 0.707. The van der Waals surface area contributed by atoms with Gasteiger partial charge in [0.25, 0.3) is 0 Å². The summed E-state index contributed by atoms with van der Waals surface area (Å²) >= 11 is 0. The molecule has 0 aliphatic carbocycles. The van der Waals surface area contributed by atoms with Crippen molar-refractivity contribution in [3.8, 4) is 0 Å². The van der Waals surface area contributed by atoms with Crippen LogP contribution in [0.15, 0.2) is 0 Å². The molecule has 7 heavy (non-hydrogen) atoms. The van der Waals surface area contributed by atoms with Crippen molar-refractivity contribution in [3.63, 3.8) is 0 Å². The van der Waals surface area contributed by atoms with E-state index in [4.69, 9.17) is 0 Å². The molecule has 0 aliphatic rings. The molecule has 0 saturated carbocycles. The first-order valence-electron chi connectivity index (χ1n) is 2.41. The Morgan fingerprint density at radius 1 is 0.857 bits per heavy atom. The zero-order valence-electron chi connectivity index (χ0n) is 6.12.